The van der Waals surface area contributed by atoms with Crippen LogP contribution < -0.4 is 0 Å². The van der Waals surface area contributed by atoms with Crippen molar-refractivity contribution >= 4 is 9.52 Å². The second kappa shape index (κ2) is 9.04. The van der Waals surface area contributed by atoms with Crippen LogP contribution in [-0.4, -0.2) is 60.0 Å². The summed E-state index contributed by atoms with van der Waals surface area (Å²) in [7, 11) is -0.860. The average Bonchev–Trinajstić information content (AvgIpc) is 3.19. The highest BCUT2D eigenvalue weighted by atomic mass is 28.2. The van der Waals surface area contributed by atoms with Crippen LogP contribution in [0.5, 0.6) is 0 Å². The molecule has 19 heavy (non-hydrogen) atoms. The molecule has 1 aliphatic heterocycles. The number of rotatable bonds is 12. The van der Waals surface area contributed by atoms with Crippen molar-refractivity contribution in [3.8, 4) is 0 Å². The van der Waals surface area contributed by atoms with Crippen LogP contribution in [0.2, 0.25) is 0 Å². The summed E-state index contributed by atoms with van der Waals surface area (Å²) in [5.74, 6) is 0. The fourth-order valence-electron chi connectivity index (χ4n) is 1.97. The number of epoxide rings is 1. The molecule has 2 unspecified atom stereocenters. The Hall–Kier alpha value is 0.0169. The Bertz CT molecular complexity index is 218. The Morgan fingerprint density at radius 1 is 1.11 bits per heavy atom. The van der Waals surface area contributed by atoms with Gasteiger partial charge in [0.15, 0.2) is 9.52 Å². The molecule has 0 saturated carbocycles. The van der Waals surface area contributed by atoms with Gasteiger partial charge < -0.3 is 23.7 Å². The van der Waals surface area contributed by atoms with Crippen LogP contribution in [0.25, 0.3) is 0 Å². The summed E-state index contributed by atoms with van der Waals surface area (Å²) in [6, 6.07) is 0. The van der Waals surface area contributed by atoms with Crippen molar-refractivity contribution in [1.82, 2.24) is 0 Å². The van der Waals surface area contributed by atoms with Gasteiger partial charge in [0, 0.05) is 19.8 Å². The molecule has 5 nitrogen and oxygen atoms in total. The zero-order valence-electron chi connectivity index (χ0n) is 12.6. The average molecular weight is 292 g/mol. The summed E-state index contributed by atoms with van der Waals surface area (Å²) >= 11 is 0. The smallest absolute Gasteiger partial charge is 0.252 e. The van der Waals surface area contributed by atoms with E-state index in [-0.39, 0.29) is 5.73 Å². The molecule has 0 N–H and O–H groups in total. The van der Waals surface area contributed by atoms with Gasteiger partial charge in [0.05, 0.1) is 18.9 Å². The zero-order chi connectivity index (χ0) is 14.1. The molecule has 0 bridgehead atoms. The van der Waals surface area contributed by atoms with Gasteiger partial charge in [-0.25, -0.2) is 0 Å². The zero-order valence-corrected chi connectivity index (χ0v) is 14.1. The Labute approximate surface area is 118 Å². The third kappa shape index (κ3) is 6.33. The minimum atomic E-state index is -0.860. The first-order valence-corrected chi connectivity index (χ1v) is 8.87. The topological polar surface area (TPSA) is 49.5 Å². The third-order valence-electron chi connectivity index (χ3n) is 2.95. The Morgan fingerprint density at radius 3 is 2.00 bits per heavy atom. The Balaban J connectivity index is 2.53. The van der Waals surface area contributed by atoms with Crippen molar-refractivity contribution in [2.75, 3.05) is 33.0 Å². The van der Waals surface area contributed by atoms with Crippen LogP contribution in [0.3, 0.4) is 0 Å². The van der Waals surface area contributed by atoms with E-state index in [1.807, 2.05) is 20.8 Å². The molecular weight excluding hydrogens is 264 g/mol. The lowest BCUT2D eigenvalue weighted by Crippen LogP contribution is -2.50. The van der Waals surface area contributed by atoms with Crippen molar-refractivity contribution in [2.45, 2.75) is 51.5 Å². The second-order valence-corrected chi connectivity index (χ2v) is 6.69. The normalized spacial score (nSPS) is 21.2. The lowest BCUT2D eigenvalue weighted by molar-refractivity contribution is -0.324. The monoisotopic (exact) mass is 292 g/mol. The predicted octanol–water partition coefficient (Wildman–Crippen LogP) is 1.03. The Kier molecular flexibility index (Phi) is 8.13. The molecule has 0 aromatic rings. The van der Waals surface area contributed by atoms with Crippen LogP contribution in [0.4, 0.5) is 0 Å². The van der Waals surface area contributed by atoms with E-state index in [9.17, 15) is 0 Å². The highest BCUT2D eigenvalue weighted by Crippen LogP contribution is 2.19. The van der Waals surface area contributed by atoms with Crippen LogP contribution in [0.1, 0.15) is 34.1 Å². The summed E-state index contributed by atoms with van der Waals surface area (Å²) < 4.78 is 28.4. The molecule has 6 heteroatoms. The van der Waals surface area contributed by atoms with Gasteiger partial charge in [0.1, 0.15) is 6.10 Å². The molecule has 1 rings (SSSR count). The maximum absolute atomic E-state index is 5.91. The van der Waals surface area contributed by atoms with Gasteiger partial charge in [-0.05, 0) is 27.2 Å². The van der Waals surface area contributed by atoms with Gasteiger partial charge in [-0.1, -0.05) is 6.92 Å². The molecule has 0 radical (unpaired) electrons. The number of ether oxygens (including phenoxy) is 5. The van der Waals surface area contributed by atoms with Crippen molar-refractivity contribution in [3.63, 3.8) is 0 Å². The minimum absolute atomic E-state index is 0.189. The van der Waals surface area contributed by atoms with E-state index in [0.29, 0.717) is 32.5 Å². The molecule has 114 valence electrons. The van der Waals surface area contributed by atoms with E-state index < -0.39 is 15.1 Å². The first-order valence-electron chi connectivity index (χ1n) is 7.34. The maximum atomic E-state index is 5.91. The van der Waals surface area contributed by atoms with Gasteiger partial charge in [-0.15, -0.1) is 0 Å². The first kappa shape index (κ1) is 17.1. The van der Waals surface area contributed by atoms with E-state index >= 15 is 0 Å². The number of hydrogen-bond donors (Lipinski definition) is 0. The second-order valence-electron chi connectivity index (χ2n) is 4.51. The summed E-state index contributed by atoms with van der Waals surface area (Å²) in [6.07, 6.45) is 1.25. The largest absolute Gasteiger partial charge is 0.379 e. The minimum Gasteiger partial charge on any atom is -0.379 e. The highest BCUT2D eigenvalue weighted by Gasteiger charge is 2.37. The van der Waals surface area contributed by atoms with Crippen LogP contribution in [0, 0.1) is 0 Å². The molecule has 1 fully saturated rings. The van der Waals surface area contributed by atoms with E-state index in [4.69, 9.17) is 23.7 Å². The van der Waals surface area contributed by atoms with Crippen LogP contribution >= 0.6 is 0 Å². The fourth-order valence-corrected chi connectivity index (χ4v) is 4.04. The lowest BCUT2D eigenvalue weighted by atomic mass is 10.5. The SMILES string of the molecule is CCOC(OCC)(OCC)[SiH2]C(CC)OCC1CO1. The summed E-state index contributed by atoms with van der Waals surface area (Å²) in [6.45, 7) is 11.2. The van der Waals surface area contributed by atoms with Crippen LogP contribution in [-0.2, 0) is 23.7 Å². The molecule has 0 amide bonds. The van der Waals surface area contributed by atoms with E-state index in [1.54, 1.807) is 0 Å². The van der Waals surface area contributed by atoms with Crippen molar-refractivity contribution in [2.24, 2.45) is 0 Å². The summed E-state index contributed by atoms with van der Waals surface area (Å²) in [5.41, 5.74) is -0.655. The van der Waals surface area contributed by atoms with E-state index in [2.05, 4.69) is 6.92 Å². The standard InChI is InChI=1S/C13H28O5Si/c1-5-12(15-10-11-9-14-11)19-13(16-6-2,17-7-3)18-8-4/h11-12H,5-10,19H2,1-4H3. The first-order chi connectivity index (χ1) is 9.19. The quantitative estimate of drug-likeness (QED) is 0.305. The maximum Gasteiger partial charge on any atom is 0.252 e. The molecule has 1 heterocycles. The van der Waals surface area contributed by atoms with E-state index in [0.717, 1.165) is 13.0 Å². The van der Waals surface area contributed by atoms with Gasteiger partial charge >= 0.3 is 0 Å². The molecule has 2 atom stereocenters. The van der Waals surface area contributed by atoms with Crippen molar-refractivity contribution < 1.29 is 23.7 Å². The Morgan fingerprint density at radius 2 is 1.63 bits per heavy atom. The van der Waals surface area contributed by atoms with E-state index in [1.165, 1.54) is 0 Å². The van der Waals surface area contributed by atoms with Crippen LogP contribution in [0.15, 0.2) is 0 Å². The van der Waals surface area contributed by atoms with Gasteiger partial charge in [0.25, 0.3) is 5.60 Å². The van der Waals surface area contributed by atoms with Crippen molar-refractivity contribution in [1.29, 1.82) is 0 Å². The molecule has 0 aromatic heterocycles. The molecule has 0 aliphatic carbocycles. The van der Waals surface area contributed by atoms with Gasteiger partial charge in [-0.2, -0.15) is 0 Å². The summed E-state index contributed by atoms with van der Waals surface area (Å²) in [5, 5.41) is 0. The summed E-state index contributed by atoms with van der Waals surface area (Å²) in [4.78, 5) is 0. The molecule has 1 saturated heterocycles. The lowest BCUT2D eigenvalue weighted by Gasteiger charge is -2.35. The molecule has 0 spiro atoms. The van der Waals surface area contributed by atoms with Gasteiger partial charge in [-0.3, -0.25) is 0 Å². The molecule has 0 aromatic carbocycles. The van der Waals surface area contributed by atoms with Crippen molar-refractivity contribution in [3.05, 3.63) is 0 Å². The predicted molar refractivity (Wildman–Crippen MR) is 75.9 cm³/mol. The number of hydrogen-bond acceptors (Lipinski definition) is 5. The third-order valence-corrected chi connectivity index (χ3v) is 5.33. The fraction of sp³-hybridized carbons (Fsp3) is 1.00. The molecule has 1 aliphatic rings. The highest BCUT2D eigenvalue weighted by molar-refractivity contribution is 6.40. The van der Waals surface area contributed by atoms with Gasteiger partial charge in [0.2, 0.25) is 0 Å². The molecular formula is C13H28O5Si.